The van der Waals surface area contributed by atoms with E-state index in [1.807, 2.05) is 0 Å². The van der Waals surface area contributed by atoms with Crippen molar-refractivity contribution >= 4 is 16.0 Å². The van der Waals surface area contributed by atoms with E-state index in [0.717, 1.165) is 18.8 Å². The summed E-state index contributed by atoms with van der Waals surface area (Å²) in [6, 6.07) is 2.49. The van der Waals surface area contributed by atoms with Crippen LogP contribution in [-0.2, 0) is 10.0 Å². The highest BCUT2D eigenvalue weighted by Gasteiger charge is 2.54. The number of benzene rings is 1. The number of hydrogen-bond acceptors (Lipinski definition) is 4. The first kappa shape index (κ1) is 16.8. The normalized spacial score (nSPS) is 33.6. The van der Waals surface area contributed by atoms with Crippen molar-refractivity contribution in [2.75, 3.05) is 0 Å². The summed E-state index contributed by atoms with van der Waals surface area (Å²) in [6.45, 7) is 1.62. The van der Waals surface area contributed by atoms with E-state index in [1.165, 1.54) is 31.4 Å². The number of sulfonamides is 1. The van der Waals surface area contributed by atoms with Crippen molar-refractivity contribution in [2.24, 2.45) is 23.7 Å². The molecule has 3 saturated carbocycles. The molecule has 0 heterocycles. The predicted molar refractivity (Wildman–Crippen MR) is 91.0 cm³/mol. The molecular formula is C18H23NO5S. The third-order valence-electron chi connectivity index (χ3n) is 6.48. The lowest BCUT2D eigenvalue weighted by Crippen LogP contribution is -2.40. The summed E-state index contributed by atoms with van der Waals surface area (Å²) in [7, 11) is -3.97. The number of rotatable bonds is 4. The zero-order chi connectivity index (χ0) is 17.9. The van der Waals surface area contributed by atoms with Crippen LogP contribution in [0.4, 0.5) is 0 Å². The van der Waals surface area contributed by atoms with Crippen molar-refractivity contribution in [3.05, 3.63) is 23.3 Å². The van der Waals surface area contributed by atoms with Crippen molar-refractivity contribution in [2.45, 2.75) is 50.0 Å². The van der Waals surface area contributed by atoms with Crippen LogP contribution in [0, 0.1) is 30.6 Å². The highest BCUT2D eigenvalue weighted by atomic mass is 32.2. The average molecular weight is 365 g/mol. The predicted octanol–water partition coefficient (Wildman–Crippen LogP) is 2.50. The number of carbonyl (C=O) groups is 1. The molecule has 1 unspecified atom stereocenters. The van der Waals surface area contributed by atoms with Gasteiger partial charge < -0.3 is 10.2 Å². The van der Waals surface area contributed by atoms with E-state index in [-0.39, 0.29) is 16.5 Å². The SMILES string of the molecule is Cc1cc(C(=O)O)c(O)c(S(=O)(=O)NC2CC[C@@H]3[C@@H]4CC[C@@H](C4)[C@H]23)c1. The smallest absolute Gasteiger partial charge is 0.339 e. The number of aromatic hydroxyl groups is 1. The van der Waals surface area contributed by atoms with Crippen LogP contribution >= 0.6 is 0 Å². The van der Waals surface area contributed by atoms with Crippen LogP contribution in [0.1, 0.15) is 48.0 Å². The van der Waals surface area contributed by atoms with Gasteiger partial charge in [-0.05, 0) is 80.4 Å². The lowest BCUT2D eigenvalue weighted by Gasteiger charge is -2.29. The van der Waals surface area contributed by atoms with E-state index in [2.05, 4.69) is 4.72 Å². The number of carboxylic acids is 1. The second-order valence-corrected chi connectivity index (χ2v) is 9.53. The molecule has 7 heteroatoms. The quantitative estimate of drug-likeness (QED) is 0.760. The van der Waals surface area contributed by atoms with Crippen LogP contribution < -0.4 is 4.72 Å². The Labute approximate surface area is 147 Å². The summed E-state index contributed by atoms with van der Waals surface area (Å²) >= 11 is 0. The number of hydrogen-bond donors (Lipinski definition) is 3. The molecule has 0 amide bonds. The molecule has 0 saturated heterocycles. The lowest BCUT2D eigenvalue weighted by molar-refractivity contribution is 0.0693. The zero-order valence-corrected chi connectivity index (χ0v) is 14.9. The van der Waals surface area contributed by atoms with Crippen molar-refractivity contribution in [3.8, 4) is 5.75 Å². The van der Waals surface area contributed by atoms with Crippen molar-refractivity contribution in [1.29, 1.82) is 0 Å². The van der Waals surface area contributed by atoms with Crippen LogP contribution in [0.2, 0.25) is 0 Å². The summed E-state index contributed by atoms with van der Waals surface area (Å²) < 4.78 is 28.5. The molecule has 6 nitrogen and oxygen atoms in total. The van der Waals surface area contributed by atoms with E-state index in [1.54, 1.807) is 6.92 Å². The number of fused-ring (bicyclic) bond motifs is 5. The molecule has 3 aliphatic rings. The first-order chi connectivity index (χ1) is 11.8. The molecule has 4 rings (SSSR count). The van der Waals surface area contributed by atoms with Gasteiger partial charge >= 0.3 is 5.97 Å². The minimum atomic E-state index is -3.97. The third-order valence-corrected chi connectivity index (χ3v) is 7.98. The Balaban J connectivity index is 1.64. The Bertz CT molecular complexity index is 834. The van der Waals surface area contributed by atoms with Crippen molar-refractivity contribution in [1.82, 2.24) is 4.72 Å². The van der Waals surface area contributed by atoms with Gasteiger partial charge in [-0.15, -0.1) is 0 Å². The summed E-state index contributed by atoms with van der Waals surface area (Å²) in [5.74, 6) is 0.327. The molecule has 3 fully saturated rings. The van der Waals surface area contributed by atoms with Gasteiger partial charge in [-0.1, -0.05) is 0 Å². The van der Waals surface area contributed by atoms with E-state index in [4.69, 9.17) is 0 Å². The second-order valence-electron chi connectivity index (χ2n) is 7.84. The molecule has 0 aliphatic heterocycles. The summed E-state index contributed by atoms with van der Waals surface area (Å²) in [6.07, 6.45) is 5.54. The number of phenols is 1. The fourth-order valence-electron chi connectivity index (χ4n) is 5.59. The van der Waals surface area contributed by atoms with Gasteiger partial charge in [0.1, 0.15) is 16.2 Å². The molecule has 5 atom stereocenters. The molecule has 0 aromatic heterocycles. The maximum absolute atomic E-state index is 12.9. The fourth-order valence-corrected chi connectivity index (χ4v) is 7.09. The maximum atomic E-state index is 12.9. The zero-order valence-electron chi connectivity index (χ0n) is 14.1. The van der Waals surface area contributed by atoms with Crippen LogP contribution in [-0.4, -0.2) is 30.6 Å². The minimum Gasteiger partial charge on any atom is -0.506 e. The van der Waals surface area contributed by atoms with Crippen LogP contribution in [0.15, 0.2) is 17.0 Å². The Morgan fingerprint density at radius 1 is 1.16 bits per heavy atom. The van der Waals surface area contributed by atoms with Gasteiger partial charge in [-0.25, -0.2) is 17.9 Å². The van der Waals surface area contributed by atoms with Gasteiger partial charge in [0.2, 0.25) is 10.0 Å². The molecule has 0 spiro atoms. The van der Waals surface area contributed by atoms with Crippen LogP contribution in [0.3, 0.4) is 0 Å². The summed E-state index contributed by atoms with van der Waals surface area (Å²) in [4.78, 5) is 10.9. The number of aryl methyl sites for hydroxylation is 1. The van der Waals surface area contributed by atoms with E-state index in [0.29, 0.717) is 23.3 Å². The Morgan fingerprint density at radius 3 is 2.60 bits per heavy atom. The van der Waals surface area contributed by atoms with Crippen molar-refractivity contribution < 1.29 is 23.4 Å². The van der Waals surface area contributed by atoms with Gasteiger partial charge in [0.05, 0.1) is 0 Å². The highest BCUT2D eigenvalue weighted by molar-refractivity contribution is 7.89. The van der Waals surface area contributed by atoms with E-state index >= 15 is 0 Å². The van der Waals surface area contributed by atoms with E-state index < -0.39 is 21.7 Å². The van der Waals surface area contributed by atoms with Crippen molar-refractivity contribution in [3.63, 3.8) is 0 Å². The van der Waals surface area contributed by atoms with Crippen LogP contribution in [0.5, 0.6) is 5.75 Å². The lowest BCUT2D eigenvalue weighted by atomic mass is 9.80. The number of nitrogens with one attached hydrogen (secondary N) is 1. The second kappa shape index (κ2) is 5.71. The van der Waals surface area contributed by atoms with Gasteiger partial charge in [-0.2, -0.15) is 0 Å². The topological polar surface area (TPSA) is 104 Å². The number of aromatic carboxylic acids is 1. The molecule has 3 aliphatic carbocycles. The fraction of sp³-hybridized carbons (Fsp3) is 0.611. The number of carboxylic acid groups (broad SMARTS) is 1. The molecule has 2 bridgehead atoms. The Morgan fingerprint density at radius 2 is 1.88 bits per heavy atom. The van der Waals surface area contributed by atoms with Gasteiger partial charge in [0.15, 0.2) is 0 Å². The molecule has 1 aromatic rings. The molecule has 0 radical (unpaired) electrons. The van der Waals surface area contributed by atoms with Gasteiger partial charge in [0.25, 0.3) is 0 Å². The van der Waals surface area contributed by atoms with E-state index in [9.17, 15) is 23.4 Å². The van der Waals surface area contributed by atoms with Crippen LogP contribution in [0.25, 0.3) is 0 Å². The van der Waals surface area contributed by atoms with Gasteiger partial charge in [0, 0.05) is 6.04 Å². The first-order valence-corrected chi connectivity index (χ1v) is 10.4. The molecular weight excluding hydrogens is 342 g/mol. The third kappa shape index (κ3) is 2.64. The molecule has 1 aromatic carbocycles. The average Bonchev–Trinajstić information content (AvgIpc) is 3.22. The minimum absolute atomic E-state index is 0.113. The summed E-state index contributed by atoms with van der Waals surface area (Å²) in [5, 5.41) is 19.4. The summed E-state index contributed by atoms with van der Waals surface area (Å²) in [5.41, 5.74) is 0.101. The largest absolute Gasteiger partial charge is 0.506 e. The Hall–Kier alpha value is -1.60. The highest BCUT2D eigenvalue weighted by Crippen LogP contribution is 2.58. The standard InChI is InChI=1S/C18H23NO5S/c1-9-6-13(18(21)22)17(20)15(7-9)25(23,24)19-14-5-4-12-10-2-3-11(8-10)16(12)14/h6-7,10-12,14,16,19-20H,2-5,8H2,1H3,(H,21,22)/t10-,11+,12-,14?,16+/m1/s1. The van der Waals surface area contributed by atoms with Gasteiger partial charge in [-0.3, -0.25) is 0 Å². The monoisotopic (exact) mass is 365 g/mol. The maximum Gasteiger partial charge on any atom is 0.339 e. The molecule has 3 N–H and O–H groups in total. The first-order valence-electron chi connectivity index (χ1n) is 8.87. The molecule has 25 heavy (non-hydrogen) atoms. The Kier molecular flexibility index (Phi) is 3.85. The molecule has 136 valence electrons.